The van der Waals surface area contributed by atoms with Crippen LogP contribution in [0.5, 0.6) is 0 Å². The topological polar surface area (TPSA) is 81.5 Å². The molecule has 0 fully saturated rings. The summed E-state index contributed by atoms with van der Waals surface area (Å²) < 4.78 is 18.2. The molecule has 1 rings (SSSR count). The molecule has 6 nitrogen and oxygen atoms in total. The lowest BCUT2D eigenvalue weighted by molar-refractivity contribution is -0.384. The molecule has 0 spiro atoms. The average molecular weight is 298 g/mol. The summed E-state index contributed by atoms with van der Waals surface area (Å²) in [5.74, 6) is -1.49. The molecular weight excluding hydrogens is 279 g/mol. The summed E-state index contributed by atoms with van der Waals surface area (Å²) in [5.41, 5.74) is -0.602. The number of methoxy groups -OCH3 is 1. The smallest absolute Gasteiger partial charge is 0.340 e. The van der Waals surface area contributed by atoms with Crippen LogP contribution in [0, 0.1) is 21.8 Å². The van der Waals surface area contributed by atoms with E-state index in [4.69, 9.17) is 0 Å². The number of nitro benzene ring substituents is 1. The first-order valence-electron chi connectivity index (χ1n) is 6.74. The van der Waals surface area contributed by atoms with Crippen LogP contribution in [-0.2, 0) is 4.74 Å². The molecule has 1 aromatic rings. The number of esters is 1. The van der Waals surface area contributed by atoms with Gasteiger partial charge in [0, 0.05) is 6.54 Å². The van der Waals surface area contributed by atoms with E-state index in [9.17, 15) is 19.3 Å². The summed E-state index contributed by atoms with van der Waals surface area (Å²) >= 11 is 0. The van der Waals surface area contributed by atoms with E-state index in [1.165, 1.54) is 0 Å². The summed E-state index contributed by atoms with van der Waals surface area (Å²) in [5, 5.41) is 13.9. The number of ether oxygens (including phenoxy) is 1. The molecular formula is C14H19FN2O4. The minimum atomic E-state index is -0.971. The number of hydrogen-bond acceptors (Lipinski definition) is 5. The van der Waals surface area contributed by atoms with Crippen LogP contribution in [-0.4, -0.2) is 24.5 Å². The maximum absolute atomic E-state index is 13.7. The highest BCUT2D eigenvalue weighted by Gasteiger charge is 2.22. The largest absolute Gasteiger partial charge is 0.465 e. The van der Waals surface area contributed by atoms with Gasteiger partial charge in [0.25, 0.3) is 5.69 Å². The molecule has 0 saturated heterocycles. The van der Waals surface area contributed by atoms with Crippen LogP contribution in [0.4, 0.5) is 15.8 Å². The zero-order chi connectivity index (χ0) is 16.0. The third-order valence-electron chi connectivity index (χ3n) is 3.42. The molecule has 0 aliphatic carbocycles. The van der Waals surface area contributed by atoms with E-state index in [0.717, 1.165) is 32.1 Å². The summed E-state index contributed by atoms with van der Waals surface area (Å²) in [6.07, 6.45) is 1.84. The maximum Gasteiger partial charge on any atom is 0.340 e. The van der Waals surface area contributed by atoms with Gasteiger partial charge in [0.2, 0.25) is 0 Å². The highest BCUT2D eigenvalue weighted by molar-refractivity contribution is 5.91. The van der Waals surface area contributed by atoms with Crippen LogP contribution < -0.4 is 5.32 Å². The fourth-order valence-electron chi connectivity index (χ4n) is 1.95. The van der Waals surface area contributed by atoms with Gasteiger partial charge in [0.1, 0.15) is 11.5 Å². The Balaban J connectivity index is 3.14. The van der Waals surface area contributed by atoms with E-state index in [1.807, 2.05) is 13.8 Å². The van der Waals surface area contributed by atoms with Gasteiger partial charge in [-0.25, -0.2) is 9.18 Å². The summed E-state index contributed by atoms with van der Waals surface area (Å²) in [4.78, 5) is 21.8. The molecule has 0 amide bonds. The molecule has 1 aromatic carbocycles. The molecule has 1 N–H and O–H groups in total. The second-order valence-electron chi connectivity index (χ2n) is 4.66. The lowest BCUT2D eigenvalue weighted by atomic mass is 10.0. The number of carbonyl (C=O) groups excluding carboxylic acids is 1. The first-order valence-corrected chi connectivity index (χ1v) is 6.74. The van der Waals surface area contributed by atoms with Gasteiger partial charge < -0.3 is 10.1 Å². The summed E-state index contributed by atoms with van der Waals surface area (Å²) in [7, 11) is 1.13. The first-order chi connectivity index (χ1) is 9.94. The maximum atomic E-state index is 13.7. The monoisotopic (exact) mass is 298 g/mol. The predicted molar refractivity (Wildman–Crippen MR) is 77.0 cm³/mol. The van der Waals surface area contributed by atoms with E-state index in [2.05, 4.69) is 10.1 Å². The molecule has 0 heterocycles. The van der Waals surface area contributed by atoms with Crippen molar-refractivity contribution in [2.45, 2.75) is 26.7 Å². The molecule has 0 aromatic heterocycles. The van der Waals surface area contributed by atoms with Crippen molar-refractivity contribution >= 4 is 17.3 Å². The molecule has 116 valence electrons. The number of nitrogens with zero attached hydrogens (tertiary/aromatic N) is 1. The first kappa shape index (κ1) is 16.9. The van der Waals surface area contributed by atoms with Gasteiger partial charge in [0.05, 0.1) is 23.7 Å². The molecule has 0 aliphatic heterocycles. The van der Waals surface area contributed by atoms with Crippen molar-refractivity contribution in [2.24, 2.45) is 5.92 Å². The second kappa shape index (κ2) is 7.56. The lowest BCUT2D eigenvalue weighted by Crippen LogP contribution is -2.15. The molecule has 0 saturated carbocycles. The van der Waals surface area contributed by atoms with E-state index < -0.39 is 22.4 Å². The number of benzene rings is 1. The molecule has 0 radical (unpaired) electrons. The molecule has 0 bridgehead atoms. The van der Waals surface area contributed by atoms with Crippen LogP contribution in [0.3, 0.4) is 0 Å². The minimum Gasteiger partial charge on any atom is -0.465 e. The lowest BCUT2D eigenvalue weighted by Gasteiger charge is -2.15. The number of nitrogens with one attached hydrogen (secondary N) is 1. The number of halogens is 1. The number of rotatable bonds is 7. The van der Waals surface area contributed by atoms with Crippen LogP contribution >= 0.6 is 0 Å². The summed E-state index contributed by atoms with van der Waals surface area (Å²) in [6.45, 7) is 4.56. The number of carbonyl (C=O) groups is 1. The Hall–Kier alpha value is -2.18. The Morgan fingerprint density at radius 1 is 1.43 bits per heavy atom. The zero-order valence-corrected chi connectivity index (χ0v) is 12.3. The second-order valence-corrected chi connectivity index (χ2v) is 4.66. The Kier molecular flexibility index (Phi) is 6.08. The van der Waals surface area contributed by atoms with Gasteiger partial charge in [-0.2, -0.15) is 0 Å². The van der Waals surface area contributed by atoms with Crippen molar-refractivity contribution in [2.75, 3.05) is 19.0 Å². The van der Waals surface area contributed by atoms with Crippen molar-refractivity contribution in [3.8, 4) is 0 Å². The fourth-order valence-corrected chi connectivity index (χ4v) is 1.95. The van der Waals surface area contributed by atoms with Gasteiger partial charge in [0.15, 0.2) is 0 Å². The van der Waals surface area contributed by atoms with Gasteiger partial charge in [-0.15, -0.1) is 0 Å². The molecule has 21 heavy (non-hydrogen) atoms. The van der Waals surface area contributed by atoms with Crippen molar-refractivity contribution < 1.29 is 18.8 Å². The van der Waals surface area contributed by atoms with Gasteiger partial charge in [-0.3, -0.25) is 10.1 Å². The molecule has 7 heteroatoms. The van der Waals surface area contributed by atoms with Crippen LogP contribution in [0.2, 0.25) is 0 Å². The fraction of sp³-hybridized carbons (Fsp3) is 0.500. The predicted octanol–water partition coefficient (Wildman–Crippen LogP) is 3.37. The Morgan fingerprint density at radius 3 is 2.52 bits per heavy atom. The van der Waals surface area contributed by atoms with E-state index in [1.54, 1.807) is 0 Å². The highest BCUT2D eigenvalue weighted by Crippen LogP contribution is 2.28. The van der Waals surface area contributed by atoms with Gasteiger partial charge >= 0.3 is 5.97 Å². The molecule has 0 unspecified atom stereocenters. The average Bonchev–Trinajstić information content (AvgIpc) is 2.48. The Morgan fingerprint density at radius 2 is 2.05 bits per heavy atom. The normalized spacial score (nSPS) is 10.5. The third-order valence-corrected chi connectivity index (χ3v) is 3.42. The van der Waals surface area contributed by atoms with Crippen molar-refractivity contribution in [1.82, 2.24) is 0 Å². The standard InChI is InChI=1S/C14H19FN2O4/c1-4-9(5-2)8-16-12-6-10(14(18)21-3)11(15)7-13(12)17(19)20/h6-7,9,16H,4-5,8H2,1-3H3. The third kappa shape index (κ3) is 4.14. The van der Waals surface area contributed by atoms with Crippen LogP contribution in [0.1, 0.15) is 37.0 Å². The SMILES string of the molecule is CCC(CC)CNc1cc(C(=O)OC)c(F)cc1[N+](=O)[O-]. The van der Waals surface area contributed by atoms with Gasteiger partial charge in [-0.1, -0.05) is 26.7 Å². The minimum absolute atomic E-state index is 0.119. The number of nitro groups is 1. The Labute approximate surface area is 122 Å². The summed E-state index contributed by atoms with van der Waals surface area (Å²) in [6, 6.07) is 1.86. The van der Waals surface area contributed by atoms with Crippen LogP contribution in [0.25, 0.3) is 0 Å². The molecule has 0 atom stereocenters. The zero-order valence-electron chi connectivity index (χ0n) is 12.3. The van der Waals surface area contributed by atoms with Crippen molar-refractivity contribution in [3.63, 3.8) is 0 Å². The van der Waals surface area contributed by atoms with Gasteiger partial charge in [-0.05, 0) is 12.0 Å². The van der Waals surface area contributed by atoms with E-state index in [-0.39, 0.29) is 11.3 Å². The van der Waals surface area contributed by atoms with Crippen LogP contribution in [0.15, 0.2) is 12.1 Å². The number of anilines is 1. The quantitative estimate of drug-likeness (QED) is 0.474. The number of hydrogen-bond donors (Lipinski definition) is 1. The van der Waals surface area contributed by atoms with E-state index >= 15 is 0 Å². The van der Waals surface area contributed by atoms with Crippen molar-refractivity contribution in [3.05, 3.63) is 33.6 Å². The van der Waals surface area contributed by atoms with Crippen molar-refractivity contribution in [1.29, 1.82) is 0 Å². The Bertz CT molecular complexity index is 530. The molecule has 0 aliphatic rings. The highest BCUT2D eigenvalue weighted by atomic mass is 19.1. The van der Waals surface area contributed by atoms with E-state index in [0.29, 0.717) is 12.5 Å².